The molecule has 33 heavy (non-hydrogen) atoms. The summed E-state index contributed by atoms with van der Waals surface area (Å²) in [6, 6.07) is 23.9. The van der Waals surface area contributed by atoms with E-state index in [1.54, 1.807) is 11.1 Å². The molecule has 0 amide bonds. The fourth-order valence-corrected chi connectivity index (χ4v) is 14.3. The molecule has 0 aromatic heterocycles. The Labute approximate surface area is 214 Å². The van der Waals surface area contributed by atoms with Crippen molar-refractivity contribution in [1.82, 2.24) is 0 Å². The Bertz CT molecular complexity index is 1150. The van der Waals surface area contributed by atoms with Gasteiger partial charge in [0.15, 0.2) is 0 Å². The van der Waals surface area contributed by atoms with E-state index < -0.39 is 17.7 Å². The molecule has 0 heterocycles. The predicted molar refractivity (Wildman–Crippen MR) is 145 cm³/mol. The van der Waals surface area contributed by atoms with Gasteiger partial charge in [0.2, 0.25) is 0 Å². The summed E-state index contributed by atoms with van der Waals surface area (Å²) in [5.74, 6) is 1.73. The van der Waals surface area contributed by atoms with Crippen LogP contribution in [0.1, 0.15) is 73.1 Å². The van der Waals surface area contributed by atoms with Crippen LogP contribution in [0.3, 0.4) is 0 Å². The van der Waals surface area contributed by atoms with Gasteiger partial charge in [-0.3, -0.25) is 0 Å². The van der Waals surface area contributed by atoms with Gasteiger partial charge in [0, 0.05) is 0 Å². The molecule has 0 unspecified atom stereocenters. The van der Waals surface area contributed by atoms with Crippen LogP contribution >= 0.6 is 17.2 Å². The van der Waals surface area contributed by atoms with Crippen molar-refractivity contribution in [2.24, 2.45) is 0 Å². The van der Waals surface area contributed by atoms with E-state index in [-0.39, 0.29) is 0 Å². The molecular formula is C29H33Cl2HfSi-2. The molecule has 2 aliphatic carbocycles. The first kappa shape index (κ1) is 25.4. The Morgan fingerprint density at radius 1 is 0.818 bits per heavy atom. The number of halogens is 2. The topological polar surface area (TPSA) is 0 Å². The van der Waals surface area contributed by atoms with Gasteiger partial charge in [0.05, 0.1) is 0 Å². The Kier molecular flexibility index (Phi) is 9.12. The molecule has 0 atom stereocenters. The summed E-state index contributed by atoms with van der Waals surface area (Å²) in [6.07, 6.45) is 7.74. The fourth-order valence-electron chi connectivity index (χ4n) is 4.54. The molecule has 2 aliphatic rings. The molecule has 4 aromatic rings. The van der Waals surface area contributed by atoms with Gasteiger partial charge in [0.1, 0.15) is 0 Å². The Morgan fingerprint density at radius 2 is 1.27 bits per heavy atom. The molecule has 0 bridgehead atoms. The van der Waals surface area contributed by atoms with Crippen LogP contribution in [0.2, 0.25) is 6.04 Å². The second-order valence-corrected chi connectivity index (χ2v) is 33.1. The summed E-state index contributed by atoms with van der Waals surface area (Å²) >= 11 is -1.80. The zero-order valence-electron chi connectivity index (χ0n) is 19.9. The van der Waals surface area contributed by atoms with E-state index in [0.29, 0.717) is 0 Å². The van der Waals surface area contributed by atoms with Crippen molar-refractivity contribution in [3.8, 4) is 0 Å². The number of rotatable bonds is 4. The summed E-state index contributed by atoms with van der Waals surface area (Å²) in [7, 11) is 11.3. The van der Waals surface area contributed by atoms with Crippen molar-refractivity contribution >= 4 is 44.9 Å². The molecule has 0 N–H and O–H groups in total. The summed E-state index contributed by atoms with van der Waals surface area (Å²) in [5.41, 5.74) is 5.93. The molecule has 1 radical (unpaired) electrons. The third-order valence-corrected chi connectivity index (χ3v) is 19.6. The van der Waals surface area contributed by atoms with Gasteiger partial charge in [0.25, 0.3) is 0 Å². The molecule has 2 fully saturated rings. The van der Waals surface area contributed by atoms with E-state index in [1.807, 2.05) is 0 Å². The molecule has 2 saturated carbocycles. The summed E-state index contributed by atoms with van der Waals surface area (Å²) in [6.45, 7) is 6.52. The maximum atomic E-state index is 5.65. The molecule has 4 heteroatoms. The molecular weight excluding hydrogens is 626 g/mol. The minimum atomic E-state index is -1.80. The van der Waals surface area contributed by atoms with Crippen molar-refractivity contribution < 1.29 is 17.7 Å². The first-order valence-electron chi connectivity index (χ1n) is 12.2. The van der Waals surface area contributed by atoms with Crippen molar-refractivity contribution in [3.05, 3.63) is 82.9 Å². The average Bonchev–Trinajstić information content (AvgIpc) is 3.71. The Morgan fingerprint density at radius 3 is 1.61 bits per heavy atom. The summed E-state index contributed by atoms with van der Waals surface area (Å²) < 4.78 is 0. The zero-order chi connectivity index (χ0) is 23.4. The Hall–Kier alpha value is -0.673. The van der Waals surface area contributed by atoms with E-state index in [9.17, 15) is 0 Å². The maximum absolute atomic E-state index is 5.65. The zero-order valence-corrected chi connectivity index (χ0v) is 26.0. The van der Waals surface area contributed by atoms with E-state index in [4.69, 9.17) is 17.2 Å². The van der Waals surface area contributed by atoms with Gasteiger partial charge in [-0.1, -0.05) is 37.1 Å². The van der Waals surface area contributed by atoms with Gasteiger partial charge < -0.3 is 0 Å². The molecule has 6 rings (SSSR count). The number of hydrogen-bond donors (Lipinski definition) is 0. The van der Waals surface area contributed by atoms with E-state index >= 15 is 0 Å². The van der Waals surface area contributed by atoms with Crippen molar-refractivity contribution in [2.75, 3.05) is 0 Å². The van der Waals surface area contributed by atoms with Crippen LogP contribution in [0, 0.1) is 13.8 Å². The van der Waals surface area contributed by atoms with Gasteiger partial charge in [-0.05, 0) is 37.5 Å². The molecule has 0 spiro atoms. The second-order valence-electron chi connectivity index (χ2n) is 9.50. The number of aryl methyl sites for hydroxylation is 2. The average molecular weight is 659 g/mol. The third kappa shape index (κ3) is 7.16. The minimum Gasteiger partial charge on any atom is -0.165 e. The summed E-state index contributed by atoms with van der Waals surface area (Å²) in [5, 5.41) is 5.81. The fraction of sp³-hybridized carbons (Fsp3) is 0.379. The summed E-state index contributed by atoms with van der Waals surface area (Å²) in [4.78, 5) is 0. The van der Waals surface area contributed by atoms with Crippen molar-refractivity contribution in [2.45, 2.75) is 70.8 Å². The molecule has 4 aromatic carbocycles. The predicted octanol–water partition coefficient (Wildman–Crippen LogP) is 9.85. The van der Waals surface area contributed by atoms with Crippen LogP contribution < -0.4 is 0 Å². The van der Waals surface area contributed by atoms with Crippen LogP contribution in [0.15, 0.2) is 60.7 Å². The third-order valence-electron chi connectivity index (χ3n) is 6.40. The number of fused-ring (bicyclic) bond motifs is 2. The quantitative estimate of drug-likeness (QED) is 0.151. The Balaban J connectivity index is 0.000000125. The van der Waals surface area contributed by atoms with Crippen LogP contribution in [0.5, 0.6) is 0 Å². The standard InChI is InChI=1S/2C13H13.C3H7Si.2ClH.Hf/c2*1-9-7-11-3-2-4-12(10-5-6-10)13(11)8-9;1-2-3-4;;;/h2*2-4,7-8,10H,5-6H2,1H3;2-3H2,1H3;2*1H;/q2*-1;;;;+2/p-2. The molecule has 0 nitrogen and oxygen atoms in total. The SMILES string of the molecule is CCC[Si]=[Hf]([Cl])[Cl].Cc1cc2c(C3CC3)cccc2[cH-]1.Cc1cc2c(C3CC3)cccc2[cH-]1. The van der Waals surface area contributed by atoms with Gasteiger partial charge in [-0.15, -0.1) is 69.1 Å². The van der Waals surface area contributed by atoms with Crippen LogP contribution in [-0.2, 0) is 17.7 Å². The number of benzene rings is 2. The van der Waals surface area contributed by atoms with Crippen molar-refractivity contribution in [3.63, 3.8) is 0 Å². The molecule has 0 aliphatic heterocycles. The smallest absolute Gasteiger partial charge is 0.0251 e. The van der Waals surface area contributed by atoms with E-state index in [2.05, 4.69) is 81.4 Å². The van der Waals surface area contributed by atoms with Crippen molar-refractivity contribution in [1.29, 1.82) is 0 Å². The van der Waals surface area contributed by atoms with E-state index in [1.165, 1.54) is 70.8 Å². The second kappa shape index (κ2) is 11.8. The van der Waals surface area contributed by atoms with Gasteiger partial charge >= 0.3 is 60.5 Å². The normalized spacial score (nSPS) is 14.9. The first-order valence-corrected chi connectivity index (χ1v) is 27.7. The van der Waals surface area contributed by atoms with Crippen LogP contribution in [-0.4, -0.2) is 6.22 Å². The maximum Gasteiger partial charge on any atom is -0.0251 e. The number of hydrogen-bond acceptors (Lipinski definition) is 0. The molecule has 0 saturated heterocycles. The minimum absolute atomic E-state index is 0.866. The van der Waals surface area contributed by atoms with E-state index in [0.717, 1.165) is 18.1 Å². The monoisotopic (exact) mass is 659 g/mol. The van der Waals surface area contributed by atoms with Crippen LogP contribution in [0.25, 0.3) is 21.5 Å². The van der Waals surface area contributed by atoms with Gasteiger partial charge in [-0.25, -0.2) is 0 Å². The largest absolute Gasteiger partial charge is 0.165 e. The molecule has 173 valence electrons. The first-order chi connectivity index (χ1) is 16.0. The van der Waals surface area contributed by atoms with Crippen LogP contribution in [0.4, 0.5) is 0 Å². The van der Waals surface area contributed by atoms with Gasteiger partial charge in [-0.2, -0.15) is 12.1 Å².